The Morgan fingerprint density at radius 2 is 1.95 bits per heavy atom. The maximum atomic E-state index is 5.95. The van der Waals surface area contributed by atoms with Crippen molar-refractivity contribution in [3.63, 3.8) is 0 Å². The summed E-state index contributed by atoms with van der Waals surface area (Å²) in [5.41, 5.74) is 1.24. The molecular formula is C16H17Br2NO. The van der Waals surface area contributed by atoms with Crippen LogP contribution in [0.2, 0.25) is 0 Å². The number of halogens is 2. The fourth-order valence-corrected chi connectivity index (χ4v) is 3.21. The van der Waals surface area contributed by atoms with E-state index in [0.29, 0.717) is 6.04 Å². The van der Waals surface area contributed by atoms with E-state index in [9.17, 15) is 0 Å². The van der Waals surface area contributed by atoms with E-state index in [1.807, 2.05) is 37.4 Å². The van der Waals surface area contributed by atoms with E-state index in [1.165, 1.54) is 5.56 Å². The third-order valence-electron chi connectivity index (χ3n) is 3.14. The second-order valence-corrected chi connectivity index (χ2v) is 6.27. The zero-order valence-electron chi connectivity index (χ0n) is 11.5. The summed E-state index contributed by atoms with van der Waals surface area (Å²) in [5, 5.41) is 3.31. The summed E-state index contributed by atoms with van der Waals surface area (Å²) >= 11 is 6.95. The standard InChI is InChI=1S/C16H17Br2NO/c1-3-15(19-2)11-5-4-6-13(9-11)20-16-8-7-12(17)10-14(16)18/h4-10,15,19H,3H2,1-2H3. The van der Waals surface area contributed by atoms with Crippen molar-refractivity contribution in [1.82, 2.24) is 5.32 Å². The minimum Gasteiger partial charge on any atom is -0.456 e. The Morgan fingerprint density at radius 1 is 1.15 bits per heavy atom. The molecule has 0 spiro atoms. The van der Waals surface area contributed by atoms with E-state index in [4.69, 9.17) is 4.74 Å². The maximum absolute atomic E-state index is 5.95. The fraction of sp³-hybridized carbons (Fsp3) is 0.250. The van der Waals surface area contributed by atoms with Crippen LogP contribution in [-0.2, 0) is 0 Å². The van der Waals surface area contributed by atoms with Gasteiger partial charge in [0.1, 0.15) is 11.5 Å². The van der Waals surface area contributed by atoms with Gasteiger partial charge in [0.25, 0.3) is 0 Å². The topological polar surface area (TPSA) is 21.3 Å². The van der Waals surface area contributed by atoms with Crippen LogP contribution in [0.15, 0.2) is 51.4 Å². The molecular weight excluding hydrogens is 382 g/mol. The van der Waals surface area contributed by atoms with Crippen LogP contribution in [0.25, 0.3) is 0 Å². The predicted molar refractivity (Wildman–Crippen MR) is 90.4 cm³/mol. The maximum Gasteiger partial charge on any atom is 0.141 e. The molecule has 2 rings (SSSR count). The van der Waals surface area contributed by atoms with Crippen molar-refractivity contribution < 1.29 is 4.74 Å². The number of rotatable bonds is 5. The number of hydrogen-bond acceptors (Lipinski definition) is 2. The SMILES string of the molecule is CCC(NC)c1cccc(Oc2ccc(Br)cc2Br)c1. The lowest BCUT2D eigenvalue weighted by molar-refractivity contribution is 0.476. The van der Waals surface area contributed by atoms with E-state index in [0.717, 1.165) is 26.9 Å². The highest BCUT2D eigenvalue weighted by Crippen LogP contribution is 2.33. The second-order valence-electron chi connectivity index (χ2n) is 4.50. The van der Waals surface area contributed by atoms with Gasteiger partial charge in [-0.25, -0.2) is 0 Å². The molecule has 0 aliphatic heterocycles. The third-order valence-corrected chi connectivity index (χ3v) is 4.25. The number of benzene rings is 2. The Kier molecular flexibility index (Phi) is 5.64. The van der Waals surface area contributed by atoms with Gasteiger partial charge in [-0.05, 0) is 65.3 Å². The van der Waals surface area contributed by atoms with Crippen molar-refractivity contribution in [2.45, 2.75) is 19.4 Å². The van der Waals surface area contributed by atoms with Crippen LogP contribution in [0.4, 0.5) is 0 Å². The summed E-state index contributed by atoms with van der Waals surface area (Å²) in [6, 6.07) is 14.4. The molecule has 0 heterocycles. The fourth-order valence-electron chi connectivity index (χ4n) is 2.09. The van der Waals surface area contributed by atoms with Crippen LogP contribution >= 0.6 is 31.9 Å². The van der Waals surface area contributed by atoms with E-state index >= 15 is 0 Å². The molecule has 1 N–H and O–H groups in total. The van der Waals surface area contributed by atoms with Crippen LogP contribution in [0.1, 0.15) is 24.9 Å². The molecule has 2 aromatic rings. The molecule has 0 amide bonds. The normalized spacial score (nSPS) is 12.2. The van der Waals surface area contributed by atoms with Gasteiger partial charge in [0.2, 0.25) is 0 Å². The minimum atomic E-state index is 0.354. The monoisotopic (exact) mass is 397 g/mol. The first-order valence-electron chi connectivity index (χ1n) is 6.54. The zero-order valence-corrected chi connectivity index (χ0v) is 14.7. The van der Waals surface area contributed by atoms with Crippen molar-refractivity contribution in [3.05, 3.63) is 57.0 Å². The Hall–Kier alpha value is -0.840. The minimum absolute atomic E-state index is 0.354. The van der Waals surface area contributed by atoms with Crippen LogP contribution in [0.3, 0.4) is 0 Å². The summed E-state index contributed by atoms with van der Waals surface area (Å²) < 4.78 is 7.90. The quantitative estimate of drug-likeness (QED) is 0.699. The largest absolute Gasteiger partial charge is 0.456 e. The lowest BCUT2D eigenvalue weighted by atomic mass is 10.0. The molecule has 0 aliphatic rings. The third kappa shape index (κ3) is 3.84. The highest BCUT2D eigenvalue weighted by atomic mass is 79.9. The lowest BCUT2D eigenvalue weighted by Gasteiger charge is -2.16. The lowest BCUT2D eigenvalue weighted by Crippen LogP contribution is -2.14. The Labute approximate surface area is 136 Å². The number of hydrogen-bond donors (Lipinski definition) is 1. The Morgan fingerprint density at radius 3 is 2.60 bits per heavy atom. The van der Waals surface area contributed by atoms with Gasteiger partial charge < -0.3 is 10.1 Å². The smallest absolute Gasteiger partial charge is 0.141 e. The first-order valence-corrected chi connectivity index (χ1v) is 8.12. The molecule has 0 saturated heterocycles. The van der Waals surface area contributed by atoms with Gasteiger partial charge in [0.15, 0.2) is 0 Å². The summed E-state index contributed by atoms with van der Waals surface area (Å²) in [6.45, 7) is 2.17. The van der Waals surface area contributed by atoms with Crippen LogP contribution in [-0.4, -0.2) is 7.05 Å². The molecule has 0 fully saturated rings. The van der Waals surface area contributed by atoms with Gasteiger partial charge in [0, 0.05) is 10.5 Å². The van der Waals surface area contributed by atoms with Crippen molar-refractivity contribution in [2.24, 2.45) is 0 Å². The van der Waals surface area contributed by atoms with Crippen LogP contribution in [0, 0.1) is 0 Å². The van der Waals surface area contributed by atoms with Crippen LogP contribution < -0.4 is 10.1 Å². The molecule has 2 aromatic carbocycles. The first kappa shape index (κ1) is 15.5. The molecule has 20 heavy (non-hydrogen) atoms. The molecule has 1 atom stereocenters. The first-order chi connectivity index (χ1) is 9.63. The summed E-state index contributed by atoms with van der Waals surface area (Å²) in [5.74, 6) is 1.65. The van der Waals surface area contributed by atoms with Gasteiger partial charge in [-0.2, -0.15) is 0 Å². The summed E-state index contributed by atoms with van der Waals surface area (Å²) in [7, 11) is 1.98. The molecule has 0 aliphatic carbocycles. The summed E-state index contributed by atoms with van der Waals surface area (Å²) in [6.07, 6.45) is 1.04. The number of ether oxygens (including phenoxy) is 1. The highest BCUT2D eigenvalue weighted by molar-refractivity contribution is 9.11. The van der Waals surface area contributed by atoms with Crippen LogP contribution in [0.5, 0.6) is 11.5 Å². The average Bonchev–Trinajstić information content (AvgIpc) is 2.44. The average molecular weight is 399 g/mol. The molecule has 2 nitrogen and oxygen atoms in total. The van der Waals surface area contributed by atoms with Gasteiger partial charge in [-0.1, -0.05) is 35.0 Å². The number of nitrogens with one attached hydrogen (secondary N) is 1. The molecule has 0 bridgehead atoms. The molecule has 4 heteroatoms. The van der Waals surface area contributed by atoms with Gasteiger partial charge in [0.05, 0.1) is 4.47 Å². The Bertz CT molecular complexity index is 582. The molecule has 0 saturated carbocycles. The van der Waals surface area contributed by atoms with Gasteiger partial charge in [-0.3, -0.25) is 0 Å². The van der Waals surface area contributed by atoms with E-state index in [1.54, 1.807) is 0 Å². The van der Waals surface area contributed by atoms with Gasteiger partial charge >= 0.3 is 0 Å². The molecule has 1 unspecified atom stereocenters. The van der Waals surface area contributed by atoms with E-state index < -0.39 is 0 Å². The molecule has 0 radical (unpaired) electrons. The van der Waals surface area contributed by atoms with Gasteiger partial charge in [-0.15, -0.1) is 0 Å². The zero-order chi connectivity index (χ0) is 14.5. The van der Waals surface area contributed by atoms with Crippen molar-refractivity contribution in [2.75, 3.05) is 7.05 Å². The summed E-state index contributed by atoms with van der Waals surface area (Å²) in [4.78, 5) is 0. The van der Waals surface area contributed by atoms with E-state index in [-0.39, 0.29) is 0 Å². The molecule has 0 aromatic heterocycles. The van der Waals surface area contributed by atoms with Crippen molar-refractivity contribution in [1.29, 1.82) is 0 Å². The van der Waals surface area contributed by atoms with Crippen molar-refractivity contribution in [3.8, 4) is 11.5 Å². The van der Waals surface area contributed by atoms with Crippen molar-refractivity contribution >= 4 is 31.9 Å². The predicted octanol–water partition coefficient (Wildman–Crippen LogP) is 5.67. The second kappa shape index (κ2) is 7.25. The van der Waals surface area contributed by atoms with E-state index in [2.05, 4.69) is 56.2 Å². The highest BCUT2D eigenvalue weighted by Gasteiger charge is 2.09. The Balaban J connectivity index is 2.23. The molecule has 106 valence electrons.